The van der Waals surface area contributed by atoms with Crippen molar-refractivity contribution in [1.82, 2.24) is 29.1 Å². The zero-order valence-electron chi connectivity index (χ0n) is 24.4. The highest BCUT2D eigenvalue weighted by Crippen LogP contribution is 2.32. The summed E-state index contributed by atoms with van der Waals surface area (Å²) in [6.45, 7) is 5.84. The molecule has 4 aromatic rings. The van der Waals surface area contributed by atoms with E-state index in [4.69, 9.17) is 0 Å². The highest BCUT2D eigenvalue weighted by atomic mass is 32.2. The van der Waals surface area contributed by atoms with Gasteiger partial charge in [0, 0.05) is 83.6 Å². The number of benzene rings is 1. The van der Waals surface area contributed by atoms with Gasteiger partial charge in [-0.3, -0.25) is 14.0 Å². The number of fused-ring (bicyclic) bond motifs is 1. The van der Waals surface area contributed by atoms with E-state index in [1.165, 1.54) is 0 Å². The maximum atomic E-state index is 13.4. The predicted molar refractivity (Wildman–Crippen MR) is 174 cm³/mol. The third kappa shape index (κ3) is 5.66. The Balaban J connectivity index is 0.992. The molecule has 6 heterocycles. The largest absolute Gasteiger partial charge is 0.379 e. The molecule has 3 aliphatic rings. The summed E-state index contributed by atoms with van der Waals surface area (Å²) in [6.07, 6.45) is 5.97. The van der Waals surface area contributed by atoms with Crippen LogP contribution in [0.5, 0.6) is 0 Å². The summed E-state index contributed by atoms with van der Waals surface area (Å²) < 4.78 is 26.2. The van der Waals surface area contributed by atoms with E-state index in [-0.39, 0.29) is 11.4 Å². The van der Waals surface area contributed by atoms with Crippen LogP contribution in [0.25, 0.3) is 22.3 Å². The quantitative estimate of drug-likeness (QED) is 0.319. The zero-order chi connectivity index (χ0) is 30.3. The molecule has 2 N–H and O–H groups in total. The molecule has 0 spiro atoms. The maximum Gasteiger partial charge on any atom is 0.254 e. The van der Waals surface area contributed by atoms with Crippen LogP contribution in [0.3, 0.4) is 0 Å². The Labute approximate surface area is 260 Å². The first-order valence-electron chi connectivity index (χ1n) is 14.7. The highest BCUT2D eigenvalue weighted by Gasteiger charge is 2.43. The van der Waals surface area contributed by atoms with Gasteiger partial charge in [-0.15, -0.1) is 0 Å². The molecule has 228 valence electrons. The van der Waals surface area contributed by atoms with Gasteiger partial charge in [0.2, 0.25) is 0 Å². The molecule has 2 unspecified atom stereocenters. The molecule has 11 nitrogen and oxygen atoms in total. The Kier molecular flexibility index (Phi) is 7.77. The fourth-order valence-electron chi connectivity index (χ4n) is 6.16. The monoisotopic (exact) mass is 630 g/mol. The van der Waals surface area contributed by atoms with Crippen molar-refractivity contribution >= 4 is 50.2 Å². The van der Waals surface area contributed by atoms with Gasteiger partial charge in [0.15, 0.2) is 0 Å². The Morgan fingerprint density at radius 2 is 1.86 bits per heavy atom. The van der Waals surface area contributed by atoms with Gasteiger partial charge in [-0.05, 0) is 49.2 Å². The number of hydrogen-bond donors (Lipinski definition) is 2. The van der Waals surface area contributed by atoms with Crippen LogP contribution in [0.1, 0.15) is 29.4 Å². The smallest absolute Gasteiger partial charge is 0.254 e. The summed E-state index contributed by atoms with van der Waals surface area (Å²) in [5, 5.41) is 6.09. The minimum absolute atomic E-state index is 0.0268. The summed E-state index contributed by atoms with van der Waals surface area (Å²) >= 11 is 0. The van der Waals surface area contributed by atoms with Crippen LogP contribution < -0.4 is 10.2 Å². The molecular weight excluding hydrogens is 597 g/mol. The molecule has 1 aromatic carbocycles. The van der Waals surface area contributed by atoms with Gasteiger partial charge in [0.1, 0.15) is 28.8 Å². The van der Waals surface area contributed by atoms with E-state index < -0.39 is 21.8 Å². The van der Waals surface area contributed by atoms with Crippen molar-refractivity contribution in [1.29, 1.82) is 0 Å². The normalized spacial score (nSPS) is 22.7. The number of nitrogens with zero attached hydrogens (tertiary/aromatic N) is 6. The zero-order valence-corrected chi connectivity index (χ0v) is 26.1. The van der Waals surface area contributed by atoms with Crippen molar-refractivity contribution < 1.29 is 13.2 Å². The molecule has 13 heteroatoms. The van der Waals surface area contributed by atoms with Gasteiger partial charge in [0.05, 0.1) is 23.2 Å². The first-order chi connectivity index (χ1) is 21.4. The number of H-pyrrole nitrogens is 1. The number of carbonyl (C=O) groups is 1. The summed E-state index contributed by atoms with van der Waals surface area (Å²) in [4.78, 5) is 34.3. The molecule has 0 radical (unpaired) electrons. The molecular formula is C31H34N8O3S2. The number of aromatic nitrogens is 4. The Bertz CT molecular complexity index is 1780. The molecule has 0 aliphatic carbocycles. The number of rotatable bonds is 7. The van der Waals surface area contributed by atoms with Gasteiger partial charge < -0.3 is 20.1 Å². The van der Waals surface area contributed by atoms with Gasteiger partial charge in [-0.1, -0.05) is 18.2 Å². The first-order valence-corrected chi connectivity index (χ1v) is 17.4. The van der Waals surface area contributed by atoms with Crippen LogP contribution >= 0.6 is 0 Å². The lowest BCUT2D eigenvalue weighted by molar-refractivity contribution is 0.0771. The molecule has 0 saturated carbocycles. The molecule has 3 aliphatic heterocycles. The number of carbonyl (C=O) groups excluding carboxylic acids is 1. The number of aromatic amines is 1. The van der Waals surface area contributed by atoms with E-state index in [1.54, 1.807) is 24.0 Å². The van der Waals surface area contributed by atoms with Crippen molar-refractivity contribution in [3.8, 4) is 11.3 Å². The minimum Gasteiger partial charge on any atom is -0.379 e. The van der Waals surface area contributed by atoms with E-state index >= 15 is 0 Å². The van der Waals surface area contributed by atoms with Crippen LogP contribution in [-0.4, -0.2) is 93.2 Å². The summed E-state index contributed by atoms with van der Waals surface area (Å²) in [5.74, 6) is 2.17. The predicted octanol–water partition coefficient (Wildman–Crippen LogP) is 3.30. The lowest BCUT2D eigenvalue weighted by Gasteiger charge is -2.33. The number of nitrogens with one attached hydrogen (secondary N) is 2. The summed E-state index contributed by atoms with van der Waals surface area (Å²) in [7, 11) is -1.88. The average molecular weight is 631 g/mol. The summed E-state index contributed by atoms with van der Waals surface area (Å²) in [5.41, 5.74) is 4.77. The molecule has 2 atom stereocenters. The molecule has 1 amide bonds. The molecule has 2 saturated heterocycles. The second kappa shape index (κ2) is 11.9. The van der Waals surface area contributed by atoms with Crippen LogP contribution in [0, 0.1) is 0 Å². The number of anilines is 2. The molecule has 0 bridgehead atoms. The second-order valence-electron chi connectivity index (χ2n) is 11.6. The van der Waals surface area contributed by atoms with E-state index in [0.29, 0.717) is 43.2 Å². The van der Waals surface area contributed by atoms with E-state index in [1.807, 2.05) is 45.6 Å². The maximum absolute atomic E-state index is 13.4. The molecule has 3 aromatic heterocycles. The van der Waals surface area contributed by atoms with Gasteiger partial charge in [-0.2, -0.15) is 0 Å². The number of hydrogen-bond acceptors (Lipinski definition) is 8. The lowest BCUT2D eigenvalue weighted by atomic mass is 10.0. The SMILES string of the molecule is CC1(N2CC=CS2=O)CCN(C(=O)c2ccnc(CNc3ccc(-c4cc5c(N6CCS(=O)CC6)ncnc5[nH]4)cc3)c2)C1. The van der Waals surface area contributed by atoms with Crippen LogP contribution in [0.4, 0.5) is 11.5 Å². The highest BCUT2D eigenvalue weighted by molar-refractivity contribution is 7.86. The Morgan fingerprint density at radius 3 is 2.64 bits per heavy atom. The van der Waals surface area contributed by atoms with E-state index in [9.17, 15) is 13.2 Å². The third-order valence-electron chi connectivity index (χ3n) is 8.66. The second-order valence-corrected chi connectivity index (χ2v) is 14.6. The number of pyridine rings is 1. The summed E-state index contributed by atoms with van der Waals surface area (Å²) in [6, 6.07) is 13.8. The van der Waals surface area contributed by atoms with Crippen LogP contribution in [0.2, 0.25) is 0 Å². The van der Waals surface area contributed by atoms with Crippen LogP contribution in [-0.2, 0) is 28.3 Å². The first kappa shape index (κ1) is 28.8. The van der Waals surface area contributed by atoms with E-state index in [2.05, 4.69) is 43.1 Å². The minimum atomic E-state index is -1.13. The average Bonchev–Trinajstić information content (AvgIpc) is 3.79. The fourth-order valence-corrected chi connectivity index (χ4v) is 8.43. The topological polar surface area (TPSA) is 127 Å². The van der Waals surface area contributed by atoms with Crippen molar-refractivity contribution in [3.05, 3.63) is 77.7 Å². The van der Waals surface area contributed by atoms with Crippen molar-refractivity contribution in [3.63, 3.8) is 0 Å². The number of amides is 1. The van der Waals surface area contributed by atoms with Crippen molar-refractivity contribution in [2.75, 3.05) is 54.4 Å². The molecule has 44 heavy (non-hydrogen) atoms. The van der Waals surface area contributed by atoms with Gasteiger partial charge in [0.25, 0.3) is 5.91 Å². The van der Waals surface area contributed by atoms with Crippen molar-refractivity contribution in [2.45, 2.75) is 25.4 Å². The van der Waals surface area contributed by atoms with E-state index in [0.717, 1.165) is 59.0 Å². The van der Waals surface area contributed by atoms with Crippen molar-refractivity contribution in [2.24, 2.45) is 0 Å². The number of likely N-dealkylation sites (tertiary alicyclic amines) is 1. The van der Waals surface area contributed by atoms with Crippen LogP contribution in [0.15, 0.2) is 66.5 Å². The van der Waals surface area contributed by atoms with Gasteiger partial charge in [-0.25, -0.2) is 18.5 Å². The lowest BCUT2D eigenvalue weighted by Crippen LogP contribution is -2.47. The Morgan fingerprint density at radius 1 is 1.05 bits per heavy atom. The standard InChI is InChI=1S/C31H34N8O3S2/c1-31(39-10-2-14-44(39)42)8-11-38(20-31)30(40)23-7-9-32-25(17-23)19-33-24-5-3-22(4-6-24)27-18-26-28(36-27)34-21-35-29(26)37-12-15-43(41)16-13-37/h2-7,9,14,17-18,21,33H,8,10-13,15-16,19-20H2,1H3,(H,34,35,36). The molecule has 2 fully saturated rings. The third-order valence-corrected chi connectivity index (χ3v) is 11.4. The Hall–Kier alpha value is -3.94. The molecule has 7 rings (SSSR count). The fraction of sp³-hybridized carbons (Fsp3) is 0.355. The van der Waals surface area contributed by atoms with Gasteiger partial charge >= 0.3 is 0 Å².